The largest absolute Gasteiger partial charge is 0.493 e. The van der Waals surface area contributed by atoms with Crippen LogP contribution in [0.25, 0.3) is 44.5 Å². The monoisotopic (exact) mass is 1080 g/mol. The van der Waals surface area contributed by atoms with E-state index in [9.17, 15) is 0 Å². The van der Waals surface area contributed by atoms with Crippen molar-refractivity contribution < 1.29 is 21.1 Å². The summed E-state index contributed by atoms with van der Waals surface area (Å²) in [5, 5.41) is 0. The van der Waals surface area contributed by atoms with Gasteiger partial charge in [0.2, 0.25) is 0 Å². The third kappa shape index (κ3) is 8.06. The molecule has 6 heteroatoms. The number of rotatable bonds is 8. The first-order valence-corrected chi connectivity index (χ1v) is 23.5. The van der Waals surface area contributed by atoms with E-state index in [4.69, 9.17) is 4.98 Å². The van der Waals surface area contributed by atoms with Crippen molar-refractivity contribution in [3.05, 3.63) is 255 Å². The van der Waals surface area contributed by atoms with Gasteiger partial charge in [0.05, 0.1) is 5.69 Å². The summed E-state index contributed by atoms with van der Waals surface area (Å²) in [6.45, 7) is 9.06. The molecular formula is C64H48N5Pt-3. The van der Waals surface area contributed by atoms with Crippen molar-refractivity contribution in [3.8, 4) is 44.5 Å². The predicted molar refractivity (Wildman–Crippen MR) is 287 cm³/mol. The van der Waals surface area contributed by atoms with Gasteiger partial charge in [-0.05, 0) is 87.8 Å². The van der Waals surface area contributed by atoms with Gasteiger partial charge in [-0.15, -0.1) is 53.8 Å². The summed E-state index contributed by atoms with van der Waals surface area (Å²) in [5.41, 5.74) is 19.1. The smallest absolute Gasteiger partial charge is 0.135 e. The zero-order chi connectivity index (χ0) is 46.5. The molecule has 1 aromatic heterocycles. The second-order valence-corrected chi connectivity index (χ2v) is 18.6. The van der Waals surface area contributed by atoms with E-state index in [1.165, 1.54) is 11.1 Å². The fourth-order valence-corrected chi connectivity index (χ4v) is 9.94. The number of pyridine rings is 1. The van der Waals surface area contributed by atoms with Crippen LogP contribution < -0.4 is 19.6 Å². The molecule has 9 aromatic carbocycles. The Labute approximate surface area is 425 Å². The van der Waals surface area contributed by atoms with Crippen molar-refractivity contribution in [1.29, 1.82) is 0 Å². The van der Waals surface area contributed by atoms with Gasteiger partial charge in [-0.25, -0.2) is 4.98 Å². The molecule has 0 amide bonds. The first-order valence-electron chi connectivity index (χ1n) is 23.5. The number of benzene rings is 9. The summed E-state index contributed by atoms with van der Waals surface area (Å²) >= 11 is 0. The topological polar surface area (TPSA) is 25.9 Å². The molecule has 0 fully saturated rings. The third-order valence-electron chi connectivity index (χ3n) is 13.2. The molecule has 0 aliphatic carbocycles. The molecule has 0 atom stereocenters. The molecule has 2 aliphatic rings. The zero-order valence-electron chi connectivity index (χ0n) is 39.1. The minimum absolute atomic E-state index is 0. The van der Waals surface area contributed by atoms with E-state index < -0.39 is 0 Å². The summed E-state index contributed by atoms with van der Waals surface area (Å²) < 4.78 is 0. The van der Waals surface area contributed by atoms with Crippen LogP contribution in [-0.4, -0.2) is 4.98 Å². The van der Waals surface area contributed by atoms with E-state index in [1.807, 2.05) is 12.3 Å². The molecule has 0 radical (unpaired) electrons. The van der Waals surface area contributed by atoms with Gasteiger partial charge in [-0.1, -0.05) is 189 Å². The SMILES string of the molecule is CC(C)(C)c1ccccc1N1[CH-]N(c2[c-]c(N(c3[c-]c4c(cc3)-c3ccccc3-c3cc(-c5ccccc5)ccc3N4c3ccccn3)c3ccccc3)cc(-c3ccccc3)c2)c2ccccc21.[Pt]. The number of hydrogen-bond acceptors (Lipinski definition) is 5. The quantitative estimate of drug-likeness (QED) is 0.141. The molecule has 0 bridgehead atoms. The van der Waals surface area contributed by atoms with Gasteiger partial charge in [0, 0.05) is 55.6 Å². The summed E-state index contributed by atoms with van der Waals surface area (Å²) in [6.07, 6.45) is 1.87. The maximum atomic E-state index is 5.02. The van der Waals surface area contributed by atoms with Gasteiger partial charge < -0.3 is 19.6 Å². The summed E-state index contributed by atoms with van der Waals surface area (Å²) in [6, 6.07) is 87.9. The Morgan fingerprint density at radius 2 is 1.04 bits per heavy atom. The standard InChI is InChI=1S/C64H48N5.Pt/c1-64(2,3)57-29-15-16-30-59(57)67-44-66(60-31-17-18-32-61(60)67)51-39-48(46-23-9-5-10-24-46)40-52(42-51)68(49-25-11-6-12-26-49)50-35-36-55-53-27-13-14-28-54(53)56-41-47(45-21-7-4-8-22-45)34-37-58(56)69(62(55)43-50)63-33-19-20-38-65-63;/h4-41,44H,1-3H3;/q-3;. The molecule has 0 N–H and O–H groups in total. The molecule has 10 aromatic rings. The van der Waals surface area contributed by atoms with Crippen LogP contribution >= 0.6 is 0 Å². The second-order valence-electron chi connectivity index (χ2n) is 18.6. The number of nitrogens with zero attached hydrogens (tertiary/aromatic N) is 5. The number of aromatic nitrogens is 1. The maximum absolute atomic E-state index is 5.02. The van der Waals surface area contributed by atoms with Crippen molar-refractivity contribution >= 4 is 57.0 Å². The Kier molecular flexibility index (Phi) is 11.8. The number of fused-ring (bicyclic) bond motifs is 6. The average Bonchev–Trinajstić information content (AvgIpc) is 3.74. The van der Waals surface area contributed by atoms with Crippen LogP contribution in [0.2, 0.25) is 0 Å². The Morgan fingerprint density at radius 3 is 1.73 bits per heavy atom. The van der Waals surface area contributed by atoms with Crippen LogP contribution in [0.5, 0.6) is 0 Å². The fraction of sp³-hybridized carbons (Fsp3) is 0.0625. The molecule has 0 saturated heterocycles. The van der Waals surface area contributed by atoms with E-state index in [2.05, 4.69) is 278 Å². The Morgan fingerprint density at radius 1 is 0.443 bits per heavy atom. The molecule has 2 aliphatic heterocycles. The second kappa shape index (κ2) is 18.5. The van der Waals surface area contributed by atoms with Crippen LogP contribution in [0.15, 0.2) is 231 Å². The Balaban J connectivity index is 0.00000533. The Hall–Kier alpha value is -7.98. The maximum Gasteiger partial charge on any atom is 0.135 e. The number of anilines is 10. The van der Waals surface area contributed by atoms with Crippen LogP contribution in [0.3, 0.4) is 0 Å². The van der Waals surface area contributed by atoms with Crippen LogP contribution in [-0.2, 0) is 26.5 Å². The number of hydrogen-bond donors (Lipinski definition) is 0. The molecule has 0 spiro atoms. The van der Waals surface area contributed by atoms with E-state index in [-0.39, 0.29) is 26.5 Å². The van der Waals surface area contributed by atoms with Crippen molar-refractivity contribution in [1.82, 2.24) is 4.98 Å². The fourth-order valence-electron chi connectivity index (χ4n) is 9.94. The molecule has 342 valence electrons. The van der Waals surface area contributed by atoms with Crippen LogP contribution in [0.4, 0.5) is 57.0 Å². The van der Waals surface area contributed by atoms with Gasteiger partial charge >= 0.3 is 0 Å². The summed E-state index contributed by atoms with van der Waals surface area (Å²) in [5.74, 6) is 0.806. The van der Waals surface area contributed by atoms with Gasteiger partial charge in [0.15, 0.2) is 0 Å². The minimum Gasteiger partial charge on any atom is -0.493 e. The molecule has 0 saturated carbocycles. The molecule has 5 nitrogen and oxygen atoms in total. The molecule has 0 unspecified atom stereocenters. The predicted octanol–water partition coefficient (Wildman–Crippen LogP) is 17.3. The van der Waals surface area contributed by atoms with Crippen molar-refractivity contribution in [2.24, 2.45) is 0 Å². The number of para-hydroxylation sites is 4. The molecule has 3 heterocycles. The minimum atomic E-state index is -0.0681. The van der Waals surface area contributed by atoms with Gasteiger partial charge in [0.1, 0.15) is 5.82 Å². The molecule has 70 heavy (non-hydrogen) atoms. The van der Waals surface area contributed by atoms with Crippen LogP contribution in [0, 0.1) is 18.8 Å². The normalized spacial score (nSPS) is 12.5. The van der Waals surface area contributed by atoms with Crippen LogP contribution in [0.1, 0.15) is 26.3 Å². The van der Waals surface area contributed by atoms with Gasteiger partial charge in [-0.2, -0.15) is 6.07 Å². The van der Waals surface area contributed by atoms with Crippen molar-refractivity contribution in [2.75, 3.05) is 19.6 Å². The molecular weight excluding hydrogens is 1030 g/mol. The Bertz CT molecular complexity index is 3480. The van der Waals surface area contributed by atoms with Crippen molar-refractivity contribution in [3.63, 3.8) is 0 Å². The first-order chi connectivity index (χ1) is 33.9. The average molecular weight is 1080 g/mol. The summed E-state index contributed by atoms with van der Waals surface area (Å²) in [4.78, 5) is 14.2. The van der Waals surface area contributed by atoms with E-state index in [0.717, 1.165) is 95.9 Å². The molecule has 12 rings (SSSR count). The van der Waals surface area contributed by atoms with Crippen molar-refractivity contribution in [2.45, 2.75) is 26.2 Å². The first kappa shape index (κ1) is 44.5. The third-order valence-corrected chi connectivity index (χ3v) is 13.2. The van der Waals surface area contributed by atoms with E-state index >= 15 is 0 Å². The van der Waals surface area contributed by atoms with Gasteiger partial charge in [-0.3, -0.25) is 0 Å². The van der Waals surface area contributed by atoms with E-state index in [1.54, 1.807) is 0 Å². The zero-order valence-corrected chi connectivity index (χ0v) is 41.3. The van der Waals surface area contributed by atoms with Gasteiger partial charge in [0.25, 0.3) is 0 Å². The summed E-state index contributed by atoms with van der Waals surface area (Å²) in [7, 11) is 0. The van der Waals surface area contributed by atoms with E-state index in [0.29, 0.717) is 0 Å².